The number of aliphatic hydroxyl groups excluding tert-OH is 1. The lowest BCUT2D eigenvalue weighted by Gasteiger charge is -2.21. The van der Waals surface area contributed by atoms with E-state index in [0.717, 1.165) is 114 Å². The van der Waals surface area contributed by atoms with Crippen molar-refractivity contribution in [3.63, 3.8) is 0 Å². The van der Waals surface area contributed by atoms with Gasteiger partial charge < -0.3 is 33.8 Å². The molecule has 0 rings (SSSR count). The Labute approximate surface area is 562 Å². The van der Waals surface area contributed by atoms with Gasteiger partial charge in [0.2, 0.25) is 0 Å². The molecule has 0 bridgehead atoms. The fourth-order valence-electron chi connectivity index (χ4n) is 10.9. The summed E-state index contributed by atoms with van der Waals surface area (Å²) in [6.07, 6.45) is 45.6. The van der Waals surface area contributed by atoms with Crippen LogP contribution in [0.2, 0.25) is 0 Å². The number of aliphatic hydroxyl groups is 1. The molecule has 0 amide bonds. The average Bonchev–Trinajstić information content (AvgIpc) is 2.87. The van der Waals surface area contributed by atoms with Gasteiger partial charge in [-0.2, -0.15) is 0 Å². The lowest BCUT2D eigenvalue weighted by atomic mass is 9.99. The summed E-state index contributed by atoms with van der Waals surface area (Å²) in [5, 5.41) is 10.6. The third kappa shape index (κ3) is 62.8. The predicted molar refractivity (Wildman–Crippen MR) is 372 cm³/mol. The first-order chi connectivity index (χ1) is 44.2. The maximum atomic E-state index is 13.1. The lowest BCUT2D eigenvalue weighted by molar-refractivity contribution is -0.161. The highest BCUT2D eigenvalue weighted by Gasteiger charge is 2.30. The van der Waals surface area contributed by atoms with E-state index in [1.165, 1.54) is 167 Å². The minimum absolute atomic E-state index is 0.104. The van der Waals surface area contributed by atoms with Gasteiger partial charge >= 0.3 is 39.5 Å². The summed E-state index contributed by atoms with van der Waals surface area (Å²) in [4.78, 5) is 72.7. The van der Waals surface area contributed by atoms with Crippen molar-refractivity contribution in [2.75, 3.05) is 39.6 Å². The van der Waals surface area contributed by atoms with Gasteiger partial charge in [-0.25, -0.2) is 9.13 Å². The van der Waals surface area contributed by atoms with Crippen LogP contribution < -0.4 is 0 Å². The molecule has 19 heteroatoms. The third-order valence-electron chi connectivity index (χ3n) is 17.9. The van der Waals surface area contributed by atoms with E-state index in [9.17, 15) is 43.2 Å². The minimum atomic E-state index is -4.96. The van der Waals surface area contributed by atoms with Gasteiger partial charge in [0, 0.05) is 25.7 Å². The molecule has 3 N–H and O–H groups in total. The molecule has 0 heterocycles. The number of esters is 4. The zero-order chi connectivity index (χ0) is 68.2. The Morgan fingerprint density at radius 2 is 0.522 bits per heavy atom. The van der Waals surface area contributed by atoms with Crippen LogP contribution in [0.4, 0.5) is 0 Å². The van der Waals surface area contributed by atoms with Gasteiger partial charge in [-0.3, -0.25) is 37.3 Å². The summed E-state index contributed by atoms with van der Waals surface area (Å²) in [6, 6.07) is 0. The molecule has 92 heavy (non-hydrogen) atoms. The zero-order valence-electron chi connectivity index (χ0n) is 60.2. The first kappa shape index (κ1) is 90.1. The van der Waals surface area contributed by atoms with Crippen LogP contribution in [0.3, 0.4) is 0 Å². The van der Waals surface area contributed by atoms with Crippen molar-refractivity contribution in [1.82, 2.24) is 0 Å². The topological polar surface area (TPSA) is 237 Å². The van der Waals surface area contributed by atoms with E-state index in [4.69, 9.17) is 37.0 Å². The van der Waals surface area contributed by atoms with E-state index in [0.29, 0.717) is 25.7 Å². The fraction of sp³-hybridized carbons (Fsp3) is 0.945. The van der Waals surface area contributed by atoms with Crippen LogP contribution in [0.25, 0.3) is 0 Å². The van der Waals surface area contributed by atoms with Gasteiger partial charge in [0.25, 0.3) is 0 Å². The Balaban J connectivity index is 5.29. The van der Waals surface area contributed by atoms with Crippen LogP contribution in [0.1, 0.15) is 364 Å². The highest BCUT2D eigenvalue weighted by Crippen LogP contribution is 2.45. The molecule has 0 saturated carbocycles. The number of carbonyl (C=O) groups excluding carboxylic acids is 4. The summed E-state index contributed by atoms with van der Waals surface area (Å²) >= 11 is 0. The van der Waals surface area contributed by atoms with Crippen molar-refractivity contribution in [3.8, 4) is 0 Å². The van der Waals surface area contributed by atoms with Crippen molar-refractivity contribution in [2.24, 2.45) is 23.7 Å². The molecule has 0 aromatic rings. The molecule has 0 aromatic carbocycles. The van der Waals surface area contributed by atoms with Crippen molar-refractivity contribution in [2.45, 2.75) is 382 Å². The maximum Gasteiger partial charge on any atom is 0.472 e. The molecule has 546 valence electrons. The zero-order valence-corrected chi connectivity index (χ0v) is 62.0. The second kappa shape index (κ2) is 62.6. The predicted octanol–water partition coefficient (Wildman–Crippen LogP) is 20.9. The highest BCUT2D eigenvalue weighted by molar-refractivity contribution is 7.47. The van der Waals surface area contributed by atoms with Crippen molar-refractivity contribution in [3.05, 3.63) is 0 Å². The third-order valence-corrected chi connectivity index (χ3v) is 19.8. The van der Waals surface area contributed by atoms with Gasteiger partial charge in [0.05, 0.1) is 26.4 Å². The Bertz CT molecular complexity index is 1820. The van der Waals surface area contributed by atoms with E-state index < -0.39 is 97.5 Å². The van der Waals surface area contributed by atoms with Crippen molar-refractivity contribution in [1.29, 1.82) is 0 Å². The summed E-state index contributed by atoms with van der Waals surface area (Å²) in [6.45, 7) is 14.2. The first-order valence-corrected chi connectivity index (χ1v) is 40.8. The van der Waals surface area contributed by atoms with E-state index in [-0.39, 0.29) is 25.7 Å². The Hall–Kier alpha value is -1.94. The van der Waals surface area contributed by atoms with Gasteiger partial charge in [-0.05, 0) is 49.4 Å². The fourth-order valence-corrected chi connectivity index (χ4v) is 12.5. The molecule has 0 saturated heterocycles. The largest absolute Gasteiger partial charge is 0.472 e. The molecule has 0 spiro atoms. The van der Waals surface area contributed by atoms with Gasteiger partial charge in [0.15, 0.2) is 12.2 Å². The number of hydrogen-bond donors (Lipinski definition) is 3. The molecule has 0 aromatic heterocycles. The lowest BCUT2D eigenvalue weighted by Crippen LogP contribution is -2.30. The number of hydrogen-bond acceptors (Lipinski definition) is 15. The van der Waals surface area contributed by atoms with Gasteiger partial charge in [0.1, 0.15) is 19.3 Å². The second-order valence-corrected chi connectivity index (χ2v) is 30.4. The minimum Gasteiger partial charge on any atom is -0.462 e. The molecular formula is C73H142O17P2. The van der Waals surface area contributed by atoms with Crippen LogP contribution in [0.15, 0.2) is 0 Å². The van der Waals surface area contributed by atoms with Crippen LogP contribution in [0.5, 0.6) is 0 Å². The first-order valence-electron chi connectivity index (χ1n) is 37.8. The normalized spacial score (nSPS) is 15.1. The average molecular weight is 1350 g/mol. The van der Waals surface area contributed by atoms with E-state index >= 15 is 0 Å². The monoisotopic (exact) mass is 1350 g/mol. The van der Waals surface area contributed by atoms with E-state index in [1.807, 2.05) is 0 Å². The maximum absolute atomic E-state index is 13.1. The molecule has 5 unspecified atom stereocenters. The molecule has 0 aliphatic rings. The summed E-state index contributed by atoms with van der Waals surface area (Å²) < 4.78 is 68.4. The van der Waals surface area contributed by atoms with Crippen LogP contribution in [0, 0.1) is 23.7 Å². The quantitative estimate of drug-likeness (QED) is 0.0222. The second-order valence-electron chi connectivity index (χ2n) is 27.5. The van der Waals surface area contributed by atoms with Crippen molar-refractivity contribution < 1.29 is 80.2 Å². The highest BCUT2D eigenvalue weighted by atomic mass is 31.2. The Kier molecular flexibility index (Phi) is 61.3. The number of unbranched alkanes of at least 4 members (excludes halogenated alkanes) is 33. The molecule has 0 fully saturated rings. The Morgan fingerprint density at radius 3 is 0.772 bits per heavy atom. The van der Waals surface area contributed by atoms with E-state index in [1.54, 1.807) is 0 Å². The Morgan fingerprint density at radius 1 is 0.304 bits per heavy atom. The SMILES string of the molecule is CCC(C)CCCCCCCCCCCCC(=O)OC[C@H](COP(=O)(O)OC[C@@H](O)COP(=O)(O)OC[C@@H](COC(=O)CCCCCCCCCCC(C)CC)OC(=O)CCCCCCCCCCC(C)CC)OC(=O)CCCCCCCCCCCCCC(C)C. The number of phosphoric acid groups is 2. The number of carbonyl (C=O) groups is 4. The number of phosphoric ester groups is 2. The number of rotatable bonds is 70. The summed E-state index contributed by atoms with van der Waals surface area (Å²) in [7, 11) is -9.91. The standard InChI is InChI=1S/C73H142O17P2/c1-9-64(6)50-42-34-26-18-15-16-19-29-37-45-53-70(75)83-59-68(89-72(77)55-47-39-31-20-14-12-13-17-25-33-41-49-63(4)5)61-87-91(79,80)85-57-67(74)58-86-92(81,82)88-62-69(90-73(78)56-48-40-32-24-22-28-36-44-52-66(8)11-3)60-84-71(76)54-46-38-30-23-21-27-35-43-51-65(7)10-2/h63-69,74H,9-62H2,1-8H3,(H,79,80)(H,81,82)/t64?,65?,66?,67-,68-,69-/m1/s1. The van der Waals surface area contributed by atoms with E-state index in [2.05, 4.69) is 55.4 Å². The van der Waals surface area contributed by atoms with Gasteiger partial charge in [-0.1, -0.05) is 312 Å². The van der Waals surface area contributed by atoms with Crippen LogP contribution in [-0.2, 0) is 65.4 Å². The molecule has 0 aliphatic heterocycles. The van der Waals surface area contributed by atoms with Crippen LogP contribution in [-0.4, -0.2) is 96.7 Å². The van der Waals surface area contributed by atoms with Crippen molar-refractivity contribution >= 4 is 39.5 Å². The molecule has 0 aliphatic carbocycles. The molecular weight excluding hydrogens is 1210 g/mol. The van der Waals surface area contributed by atoms with Crippen LogP contribution >= 0.6 is 15.6 Å². The van der Waals surface area contributed by atoms with Gasteiger partial charge in [-0.15, -0.1) is 0 Å². The molecule has 17 nitrogen and oxygen atoms in total. The molecule has 0 radical (unpaired) electrons. The smallest absolute Gasteiger partial charge is 0.462 e. The molecule has 8 atom stereocenters. The number of ether oxygens (including phenoxy) is 4. The summed E-state index contributed by atoms with van der Waals surface area (Å²) in [5.74, 6) is 0.996. The summed E-state index contributed by atoms with van der Waals surface area (Å²) in [5.41, 5.74) is 0.